The van der Waals surface area contributed by atoms with Gasteiger partial charge in [-0.25, -0.2) is 9.98 Å². The predicted octanol–water partition coefficient (Wildman–Crippen LogP) is 1.67. The molecule has 1 unspecified atom stereocenters. The van der Waals surface area contributed by atoms with Gasteiger partial charge in [0.1, 0.15) is 11.6 Å². The zero-order valence-electron chi connectivity index (χ0n) is 14.6. The van der Waals surface area contributed by atoms with E-state index in [1.54, 1.807) is 18.3 Å². The van der Waals surface area contributed by atoms with Gasteiger partial charge in [-0.1, -0.05) is 11.6 Å². The second-order valence-corrected chi connectivity index (χ2v) is 6.41. The molecule has 1 atom stereocenters. The number of aliphatic imine (C=N–C) groups is 1. The molecule has 0 bridgehead atoms. The lowest BCUT2D eigenvalue weighted by molar-refractivity contribution is -0.119. The van der Waals surface area contributed by atoms with Gasteiger partial charge in [0.05, 0.1) is 6.54 Å². The van der Waals surface area contributed by atoms with E-state index in [1.807, 2.05) is 6.92 Å². The number of nitrogens with two attached hydrogens (primary N) is 1. The molecule has 0 aliphatic carbocycles. The molecule has 1 aliphatic heterocycles. The predicted molar refractivity (Wildman–Crippen MR) is 98.8 cm³/mol. The van der Waals surface area contributed by atoms with Gasteiger partial charge in [0, 0.05) is 32.3 Å². The number of ether oxygens (including phenoxy) is 1. The van der Waals surface area contributed by atoms with Crippen molar-refractivity contribution < 1.29 is 9.53 Å². The monoisotopic (exact) mass is 367 g/mol. The van der Waals surface area contributed by atoms with E-state index in [9.17, 15) is 4.79 Å². The van der Waals surface area contributed by atoms with E-state index in [4.69, 9.17) is 22.1 Å². The molecular formula is C17H26ClN5O2. The molecule has 7 nitrogen and oxygen atoms in total. The smallest absolute Gasteiger partial charge is 0.232 e. The first-order chi connectivity index (χ1) is 12.1. The second-order valence-electron chi connectivity index (χ2n) is 6.00. The molecule has 2 heterocycles. The van der Waals surface area contributed by atoms with Gasteiger partial charge in [-0.05, 0) is 37.8 Å². The standard InChI is InChI=1S/C17H26ClN5O2/c1-2-20-17(23-9-4-5-13(12-23)11-15(19)24)22-8-10-25-16-14(18)6-3-7-21-16/h3,6-7,13H,2,4-5,8-12H2,1H3,(H2,19,24)(H,20,22). The van der Waals surface area contributed by atoms with Crippen LogP contribution in [0.15, 0.2) is 23.3 Å². The van der Waals surface area contributed by atoms with Crippen LogP contribution in [0.2, 0.25) is 5.02 Å². The Labute approximate surface area is 153 Å². The Morgan fingerprint density at radius 3 is 3.16 bits per heavy atom. The number of nitrogens with zero attached hydrogens (tertiary/aromatic N) is 3. The molecule has 1 saturated heterocycles. The number of primary amides is 1. The third kappa shape index (κ3) is 6.42. The zero-order chi connectivity index (χ0) is 18.1. The number of nitrogens with one attached hydrogen (secondary N) is 1. The van der Waals surface area contributed by atoms with E-state index in [0.717, 1.165) is 38.4 Å². The summed E-state index contributed by atoms with van der Waals surface area (Å²) in [6.45, 7) is 5.42. The Kier molecular flexibility index (Phi) is 7.78. The van der Waals surface area contributed by atoms with Gasteiger partial charge >= 0.3 is 0 Å². The molecule has 2 rings (SSSR count). The lowest BCUT2D eigenvalue weighted by Gasteiger charge is -2.34. The summed E-state index contributed by atoms with van der Waals surface area (Å²) in [5, 5.41) is 3.79. The number of piperidine rings is 1. The summed E-state index contributed by atoms with van der Waals surface area (Å²) in [7, 11) is 0. The maximum absolute atomic E-state index is 11.2. The van der Waals surface area contributed by atoms with Crippen molar-refractivity contribution in [3.05, 3.63) is 23.4 Å². The Balaban J connectivity index is 1.89. The fraction of sp³-hybridized carbons (Fsp3) is 0.588. The number of amides is 1. The number of guanidine groups is 1. The van der Waals surface area contributed by atoms with Crippen LogP contribution in [0, 0.1) is 5.92 Å². The normalized spacial score (nSPS) is 18.1. The van der Waals surface area contributed by atoms with Crippen LogP contribution in [0.5, 0.6) is 5.88 Å². The number of rotatable bonds is 7. The minimum Gasteiger partial charge on any atom is -0.475 e. The van der Waals surface area contributed by atoms with Crippen molar-refractivity contribution in [2.45, 2.75) is 26.2 Å². The van der Waals surface area contributed by atoms with E-state index >= 15 is 0 Å². The summed E-state index contributed by atoms with van der Waals surface area (Å²) in [4.78, 5) is 22.1. The molecular weight excluding hydrogens is 342 g/mol. The van der Waals surface area contributed by atoms with Crippen molar-refractivity contribution in [2.75, 3.05) is 32.8 Å². The number of pyridine rings is 1. The highest BCUT2D eigenvalue weighted by molar-refractivity contribution is 6.31. The lowest BCUT2D eigenvalue weighted by atomic mass is 9.95. The van der Waals surface area contributed by atoms with E-state index < -0.39 is 0 Å². The van der Waals surface area contributed by atoms with Crippen LogP contribution in [0.1, 0.15) is 26.2 Å². The number of carbonyl (C=O) groups excluding carboxylic acids is 1. The van der Waals surface area contributed by atoms with Gasteiger partial charge in [0.2, 0.25) is 11.8 Å². The van der Waals surface area contributed by atoms with Crippen LogP contribution >= 0.6 is 11.6 Å². The van der Waals surface area contributed by atoms with Crippen LogP contribution in [0.4, 0.5) is 0 Å². The average molecular weight is 368 g/mol. The van der Waals surface area contributed by atoms with Gasteiger partial charge in [0.25, 0.3) is 0 Å². The summed E-state index contributed by atoms with van der Waals surface area (Å²) >= 11 is 6.01. The van der Waals surface area contributed by atoms with Crippen LogP contribution in [0.25, 0.3) is 0 Å². The molecule has 0 saturated carbocycles. The van der Waals surface area contributed by atoms with Gasteiger partial charge in [-0.15, -0.1) is 0 Å². The second kappa shape index (κ2) is 10.1. The minimum absolute atomic E-state index is 0.241. The van der Waals surface area contributed by atoms with Crippen molar-refractivity contribution in [3.63, 3.8) is 0 Å². The van der Waals surface area contributed by atoms with Crippen molar-refractivity contribution in [3.8, 4) is 5.88 Å². The molecule has 1 fully saturated rings. The summed E-state index contributed by atoms with van der Waals surface area (Å²) in [5.74, 6) is 1.31. The van der Waals surface area contributed by atoms with Gasteiger partial charge in [-0.3, -0.25) is 4.79 Å². The summed E-state index contributed by atoms with van der Waals surface area (Å²) in [5.41, 5.74) is 5.33. The third-order valence-corrected chi connectivity index (χ3v) is 4.25. The fourth-order valence-corrected chi connectivity index (χ4v) is 3.08. The Morgan fingerprint density at radius 1 is 1.60 bits per heavy atom. The number of carbonyl (C=O) groups is 1. The molecule has 0 radical (unpaired) electrons. The first-order valence-corrected chi connectivity index (χ1v) is 9.02. The lowest BCUT2D eigenvalue weighted by Crippen LogP contribution is -2.47. The largest absolute Gasteiger partial charge is 0.475 e. The summed E-state index contributed by atoms with van der Waals surface area (Å²) in [6.07, 6.45) is 4.13. The van der Waals surface area contributed by atoms with E-state index in [0.29, 0.717) is 36.4 Å². The highest BCUT2D eigenvalue weighted by Gasteiger charge is 2.23. The van der Waals surface area contributed by atoms with Gasteiger partial charge in [0.15, 0.2) is 5.96 Å². The quantitative estimate of drug-likeness (QED) is 0.434. The Morgan fingerprint density at radius 2 is 2.44 bits per heavy atom. The zero-order valence-corrected chi connectivity index (χ0v) is 15.3. The van der Waals surface area contributed by atoms with Crippen molar-refractivity contribution in [1.82, 2.24) is 15.2 Å². The molecule has 3 N–H and O–H groups in total. The number of hydrogen-bond acceptors (Lipinski definition) is 4. The summed E-state index contributed by atoms with van der Waals surface area (Å²) in [6, 6.07) is 3.50. The van der Waals surface area contributed by atoms with E-state index in [1.165, 1.54) is 0 Å². The molecule has 8 heteroatoms. The van der Waals surface area contributed by atoms with E-state index in [2.05, 4.69) is 20.2 Å². The van der Waals surface area contributed by atoms with Crippen molar-refractivity contribution >= 4 is 23.5 Å². The Bertz CT molecular complexity index is 596. The Hall–Kier alpha value is -2.02. The molecule has 138 valence electrons. The SMILES string of the molecule is CCNC(=NCCOc1ncccc1Cl)N1CCCC(CC(N)=O)C1. The molecule has 1 aromatic rings. The van der Waals surface area contributed by atoms with Gasteiger partial charge < -0.3 is 20.7 Å². The molecule has 25 heavy (non-hydrogen) atoms. The number of hydrogen-bond donors (Lipinski definition) is 2. The average Bonchev–Trinajstić information content (AvgIpc) is 2.59. The topological polar surface area (TPSA) is 92.8 Å². The van der Waals surface area contributed by atoms with Crippen LogP contribution in [-0.2, 0) is 4.79 Å². The fourth-order valence-electron chi connectivity index (χ4n) is 2.91. The van der Waals surface area contributed by atoms with Crippen LogP contribution in [0.3, 0.4) is 0 Å². The van der Waals surface area contributed by atoms with Crippen LogP contribution < -0.4 is 15.8 Å². The highest BCUT2D eigenvalue weighted by Crippen LogP contribution is 2.20. The van der Waals surface area contributed by atoms with Gasteiger partial charge in [-0.2, -0.15) is 0 Å². The van der Waals surface area contributed by atoms with Crippen molar-refractivity contribution in [2.24, 2.45) is 16.6 Å². The van der Waals surface area contributed by atoms with Crippen LogP contribution in [-0.4, -0.2) is 54.5 Å². The maximum atomic E-state index is 11.2. The number of likely N-dealkylation sites (tertiary alicyclic amines) is 1. The minimum atomic E-state index is -0.241. The molecule has 1 aromatic heterocycles. The first-order valence-electron chi connectivity index (χ1n) is 8.65. The molecule has 1 aliphatic rings. The number of aromatic nitrogens is 1. The van der Waals surface area contributed by atoms with Crippen molar-refractivity contribution in [1.29, 1.82) is 0 Å². The maximum Gasteiger partial charge on any atom is 0.232 e. The van der Waals surface area contributed by atoms with E-state index in [-0.39, 0.29) is 5.91 Å². The molecule has 0 aromatic carbocycles. The number of halogens is 1. The summed E-state index contributed by atoms with van der Waals surface area (Å²) < 4.78 is 5.57. The molecule has 1 amide bonds. The third-order valence-electron chi connectivity index (χ3n) is 3.96. The molecule has 0 spiro atoms. The highest BCUT2D eigenvalue weighted by atomic mass is 35.5. The first kappa shape index (κ1) is 19.3.